The first-order valence-electron chi connectivity index (χ1n) is 7.57. The van der Waals surface area contributed by atoms with Crippen LogP contribution in [0.25, 0.3) is 11.1 Å². The molecule has 0 spiro atoms. The zero-order valence-corrected chi connectivity index (χ0v) is 13.3. The summed E-state index contributed by atoms with van der Waals surface area (Å²) in [5.41, 5.74) is 1.30. The van der Waals surface area contributed by atoms with Crippen molar-refractivity contribution in [2.75, 3.05) is 0 Å². The number of hydrogen-bond donors (Lipinski definition) is 1. The van der Waals surface area contributed by atoms with Gasteiger partial charge in [-0.05, 0) is 42.8 Å². The van der Waals surface area contributed by atoms with Gasteiger partial charge in [-0.25, -0.2) is 4.98 Å². The molecule has 0 radical (unpaired) electrons. The van der Waals surface area contributed by atoms with Gasteiger partial charge in [-0.15, -0.1) is 0 Å². The summed E-state index contributed by atoms with van der Waals surface area (Å²) in [6.45, 7) is 2.21. The molecule has 0 fully saturated rings. The van der Waals surface area contributed by atoms with E-state index in [4.69, 9.17) is 9.68 Å². The highest BCUT2D eigenvalue weighted by Crippen LogP contribution is 2.31. The molecule has 128 valence electrons. The molecule has 0 aliphatic heterocycles. The van der Waals surface area contributed by atoms with E-state index in [0.29, 0.717) is 17.0 Å². The lowest BCUT2D eigenvalue weighted by molar-refractivity contribution is -0.137. The number of alkyl halides is 3. The monoisotopic (exact) mass is 345 g/mol. The van der Waals surface area contributed by atoms with Gasteiger partial charge in [0.2, 0.25) is 5.89 Å². The first kappa shape index (κ1) is 17.0. The van der Waals surface area contributed by atoms with E-state index in [2.05, 4.69) is 16.4 Å². The highest BCUT2D eigenvalue weighted by molar-refractivity contribution is 5.73. The van der Waals surface area contributed by atoms with Crippen LogP contribution >= 0.6 is 0 Å². The summed E-state index contributed by atoms with van der Waals surface area (Å²) < 4.78 is 43.7. The number of hydrogen-bond acceptors (Lipinski definition) is 4. The van der Waals surface area contributed by atoms with E-state index in [1.54, 1.807) is 12.1 Å². The van der Waals surface area contributed by atoms with Gasteiger partial charge in [-0.2, -0.15) is 18.4 Å². The Morgan fingerprint density at radius 1 is 1.20 bits per heavy atom. The highest BCUT2D eigenvalue weighted by Gasteiger charge is 2.31. The van der Waals surface area contributed by atoms with Crippen LogP contribution in [0.15, 0.2) is 46.9 Å². The van der Waals surface area contributed by atoms with Crippen LogP contribution in [-0.4, -0.2) is 4.98 Å². The van der Waals surface area contributed by atoms with Gasteiger partial charge in [-0.1, -0.05) is 12.1 Å². The minimum atomic E-state index is -4.41. The van der Waals surface area contributed by atoms with Crippen LogP contribution in [0, 0.1) is 11.3 Å². The SMILES string of the molecule is C[C@H](NCc1nc2cc(C(F)(F)F)ccc2o1)c1ccc(C#N)cc1. The minimum Gasteiger partial charge on any atom is -0.439 e. The lowest BCUT2D eigenvalue weighted by Crippen LogP contribution is -2.18. The molecule has 0 unspecified atom stereocenters. The standard InChI is InChI=1S/C18H14F3N3O/c1-11(13-4-2-12(9-22)3-5-13)23-10-17-24-15-8-14(18(19,20)21)6-7-16(15)25-17/h2-8,11,23H,10H2,1H3/t11-/m0/s1. The van der Waals surface area contributed by atoms with Gasteiger partial charge in [-0.3, -0.25) is 0 Å². The van der Waals surface area contributed by atoms with Gasteiger partial charge >= 0.3 is 6.18 Å². The van der Waals surface area contributed by atoms with Crippen LogP contribution in [0.4, 0.5) is 13.2 Å². The van der Waals surface area contributed by atoms with Gasteiger partial charge in [0.05, 0.1) is 23.7 Å². The smallest absolute Gasteiger partial charge is 0.416 e. The molecule has 0 amide bonds. The van der Waals surface area contributed by atoms with Crippen molar-refractivity contribution in [1.82, 2.24) is 10.3 Å². The van der Waals surface area contributed by atoms with Crippen molar-refractivity contribution < 1.29 is 17.6 Å². The van der Waals surface area contributed by atoms with Gasteiger partial charge in [0.15, 0.2) is 5.58 Å². The van der Waals surface area contributed by atoms with Crippen molar-refractivity contribution >= 4 is 11.1 Å². The molecule has 1 aromatic heterocycles. The summed E-state index contributed by atoms with van der Waals surface area (Å²) >= 11 is 0. The number of aromatic nitrogens is 1. The van der Waals surface area contributed by atoms with Gasteiger partial charge in [0.25, 0.3) is 0 Å². The van der Waals surface area contributed by atoms with Crippen molar-refractivity contribution in [3.63, 3.8) is 0 Å². The summed E-state index contributed by atoms with van der Waals surface area (Å²) in [7, 11) is 0. The fraction of sp³-hybridized carbons (Fsp3) is 0.222. The van der Waals surface area contributed by atoms with Crippen LogP contribution in [-0.2, 0) is 12.7 Å². The first-order valence-corrected chi connectivity index (χ1v) is 7.57. The fourth-order valence-electron chi connectivity index (χ4n) is 2.43. The van der Waals surface area contributed by atoms with E-state index in [-0.39, 0.29) is 18.1 Å². The van der Waals surface area contributed by atoms with Gasteiger partial charge in [0, 0.05) is 6.04 Å². The van der Waals surface area contributed by atoms with Crippen molar-refractivity contribution in [1.29, 1.82) is 5.26 Å². The van der Waals surface area contributed by atoms with E-state index >= 15 is 0 Å². The second kappa shape index (κ2) is 6.57. The Morgan fingerprint density at radius 3 is 2.56 bits per heavy atom. The number of rotatable bonds is 4. The zero-order chi connectivity index (χ0) is 18.0. The summed E-state index contributed by atoms with van der Waals surface area (Å²) in [5, 5.41) is 12.0. The van der Waals surface area contributed by atoms with Crippen molar-refractivity contribution in [2.45, 2.75) is 25.7 Å². The molecule has 25 heavy (non-hydrogen) atoms. The number of benzene rings is 2. The zero-order valence-electron chi connectivity index (χ0n) is 13.3. The largest absolute Gasteiger partial charge is 0.439 e. The number of oxazole rings is 1. The number of fused-ring (bicyclic) bond motifs is 1. The van der Waals surface area contributed by atoms with E-state index in [1.807, 2.05) is 19.1 Å². The maximum atomic E-state index is 12.7. The Balaban J connectivity index is 1.71. The molecule has 3 aromatic rings. The Kier molecular flexibility index (Phi) is 4.47. The van der Waals surface area contributed by atoms with Crippen LogP contribution in [0.2, 0.25) is 0 Å². The molecule has 4 nitrogen and oxygen atoms in total. The Morgan fingerprint density at radius 2 is 1.92 bits per heavy atom. The van der Waals surface area contributed by atoms with Crippen molar-refractivity contribution in [2.24, 2.45) is 0 Å². The van der Waals surface area contributed by atoms with Gasteiger partial charge < -0.3 is 9.73 Å². The Hall–Kier alpha value is -2.85. The quantitative estimate of drug-likeness (QED) is 0.752. The molecule has 7 heteroatoms. The van der Waals surface area contributed by atoms with Crippen LogP contribution in [0.1, 0.15) is 35.5 Å². The third-order valence-electron chi connectivity index (χ3n) is 3.86. The van der Waals surface area contributed by atoms with Crippen LogP contribution in [0.3, 0.4) is 0 Å². The second-order valence-corrected chi connectivity index (χ2v) is 5.62. The maximum Gasteiger partial charge on any atom is 0.416 e. The highest BCUT2D eigenvalue weighted by atomic mass is 19.4. The molecule has 2 aromatic carbocycles. The average Bonchev–Trinajstić information content (AvgIpc) is 3.01. The lowest BCUT2D eigenvalue weighted by Gasteiger charge is -2.12. The predicted molar refractivity (Wildman–Crippen MR) is 85.4 cm³/mol. The Labute approximate surface area is 141 Å². The van der Waals surface area contributed by atoms with E-state index in [9.17, 15) is 13.2 Å². The van der Waals surface area contributed by atoms with Crippen LogP contribution in [0.5, 0.6) is 0 Å². The predicted octanol–water partition coefficient (Wildman–Crippen LogP) is 4.57. The summed E-state index contributed by atoms with van der Waals surface area (Å²) in [6, 6.07) is 12.4. The molecule has 0 bridgehead atoms. The molecule has 1 heterocycles. The van der Waals surface area contributed by atoms with Crippen molar-refractivity contribution in [3.05, 3.63) is 65.0 Å². The van der Waals surface area contributed by atoms with Gasteiger partial charge in [0.1, 0.15) is 5.52 Å². The summed E-state index contributed by atoms with van der Waals surface area (Å²) in [5.74, 6) is 0.315. The lowest BCUT2D eigenvalue weighted by atomic mass is 10.1. The molecule has 0 saturated carbocycles. The summed E-state index contributed by atoms with van der Waals surface area (Å²) in [6.07, 6.45) is -4.41. The third kappa shape index (κ3) is 3.80. The topological polar surface area (TPSA) is 61.9 Å². The number of nitrogens with one attached hydrogen (secondary N) is 1. The minimum absolute atomic E-state index is 0.0338. The summed E-state index contributed by atoms with van der Waals surface area (Å²) in [4.78, 5) is 4.11. The number of nitrogens with zero attached hydrogens (tertiary/aromatic N) is 2. The Bertz CT molecular complexity index is 923. The van der Waals surface area contributed by atoms with Crippen molar-refractivity contribution in [3.8, 4) is 6.07 Å². The molecule has 1 N–H and O–H groups in total. The van der Waals surface area contributed by atoms with E-state index in [0.717, 1.165) is 17.7 Å². The second-order valence-electron chi connectivity index (χ2n) is 5.62. The molecule has 3 rings (SSSR count). The number of halogens is 3. The molecule has 0 saturated heterocycles. The molecule has 0 aliphatic carbocycles. The molecular weight excluding hydrogens is 331 g/mol. The maximum absolute atomic E-state index is 12.7. The number of nitriles is 1. The normalized spacial score (nSPS) is 12.9. The third-order valence-corrected chi connectivity index (χ3v) is 3.86. The first-order chi connectivity index (χ1) is 11.9. The molecule has 1 atom stereocenters. The van der Waals surface area contributed by atoms with E-state index in [1.165, 1.54) is 6.07 Å². The molecule has 0 aliphatic rings. The fourth-order valence-corrected chi connectivity index (χ4v) is 2.43. The van der Waals surface area contributed by atoms with Crippen LogP contribution < -0.4 is 5.32 Å². The average molecular weight is 345 g/mol. The molecular formula is C18H14F3N3O. The van der Waals surface area contributed by atoms with E-state index < -0.39 is 11.7 Å².